The lowest BCUT2D eigenvalue weighted by molar-refractivity contribution is 0.0593. The van der Waals surface area contributed by atoms with Crippen LogP contribution in [-0.4, -0.2) is 72.1 Å². The third-order valence-corrected chi connectivity index (χ3v) is 3.08. The van der Waals surface area contributed by atoms with E-state index in [9.17, 15) is 4.79 Å². The van der Waals surface area contributed by atoms with Gasteiger partial charge in [0, 0.05) is 52.2 Å². The van der Waals surface area contributed by atoms with Gasteiger partial charge in [0.1, 0.15) is 6.33 Å². The second-order valence-corrected chi connectivity index (χ2v) is 4.25. The minimum Gasteiger partial charge on any atom is -0.383 e. The van der Waals surface area contributed by atoms with E-state index in [1.807, 2.05) is 4.90 Å². The number of piperazine rings is 1. The molecule has 0 unspecified atom stereocenters. The van der Waals surface area contributed by atoms with Crippen molar-refractivity contribution in [1.29, 1.82) is 0 Å². The van der Waals surface area contributed by atoms with Gasteiger partial charge < -0.3 is 9.64 Å². The van der Waals surface area contributed by atoms with Gasteiger partial charge in [-0.3, -0.25) is 9.69 Å². The molecule has 0 aliphatic carbocycles. The average molecular weight is 250 g/mol. The summed E-state index contributed by atoms with van der Waals surface area (Å²) < 4.78 is 5.05. The van der Waals surface area contributed by atoms with Crippen LogP contribution in [0.15, 0.2) is 18.7 Å². The van der Waals surface area contributed by atoms with Gasteiger partial charge in [-0.25, -0.2) is 9.97 Å². The van der Waals surface area contributed by atoms with Gasteiger partial charge in [-0.05, 0) is 0 Å². The van der Waals surface area contributed by atoms with Gasteiger partial charge in [0.25, 0.3) is 5.91 Å². The smallest absolute Gasteiger partial charge is 0.257 e. The fourth-order valence-electron chi connectivity index (χ4n) is 1.99. The maximum Gasteiger partial charge on any atom is 0.257 e. The van der Waals surface area contributed by atoms with E-state index in [0.717, 1.165) is 39.3 Å². The summed E-state index contributed by atoms with van der Waals surface area (Å²) in [6.07, 6.45) is 4.55. The molecule has 98 valence electrons. The highest BCUT2D eigenvalue weighted by Crippen LogP contribution is 2.06. The first kappa shape index (κ1) is 12.9. The molecule has 0 radical (unpaired) electrons. The van der Waals surface area contributed by atoms with Crippen LogP contribution in [0.4, 0.5) is 0 Å². The Morgan fingerprint density at radius 3 is 2.56 bits per heavy atom. The molecule has 1 aromatic rings. The Labute approximate surface area is 107 Å². The standard InChI is InChI=1S/C12H18N4O2/c1-18-7-6-15-2-4-16(5-3-15)12(17)11-8-13-10-14-9-11/h8-10H,2-7H2,1H3. The van der Waals surface area contributed by atoms with E-state index in [0.29, 0.717) is 5.56 Å². The number of carbonyl (C=O) groups excluding carboxylic acids is 1. The first-order valence-electron chi connectivity index (χ1n) is 6.07. The van der Waals surface area contributed by atoms with Crippen molar-refractivity contribution in [3.63, 3.8) is 0 Å². The van der Waals surface area contributed by atoms with Crippen LogP contribution in [0.3, 0.4) is 0 Å². The fourth-order valence-corrected chi connectivity index (χ4v) is 1.99. The molecule has 1 aliphatic rings. The van der Waals surface area contributed by atoms with Crippen molar-refractivity contribution in [1.82, 2.24) is 19.8 Å². The largest absolute Gasteiger partial charge is 0.383 e. The number of aromatic nitrogens is 2. The molecular formula is C12H18N4O2. The van der Waals surface area contributed by atoms with Crippen LogP contribution in [-0.2, 0) is 4.74 Å². The van der Waals surface area contributed by atoms with Crippen LogP contribution in [0, 0.1) is 0 Å². The number of ether oxygens (including phenoxy) is 1. The third kappa shape index (κ3) is 3.24. The minimum absolute atomic E-state index is 0.0157. The van der Waals surface area contributed by atoms with E-state index in [1.165, 1.54) is 6.33 Å². The second kappa shape index (κ2) is 6.42. The van der Waals surface area contributed by atoms with Gasteiger partial charge in [-0.1, -0.05) is 0 Å². The summed E-state index contributed by atoms with van der Waals surface area (Å²) in [6, 6.07) is 0. The molecular weight excluding hydrogens is 232 g/mol. The maximum absolute atomic E-state index is 12.1. The molecule has 1 aliphatic heterocycles. The highest BCUT2D eigenvalue weighted by atomic mass is 16.5. The van der Waals surface area contributed by atoms with Crippen LogP contribution < -0.4 is 0 Å². The van der Waals surface area contributed by atoms with Gasteiger partial charge in [0.05, 0.1) is 12.2 Å². The molecule has 0 spiro atoms. The van der Waals surface area contributed by atoms with Crippen LogP contribution in [0.5, 0.6) is 0 Å². The number of rotatable bonds is 4. The lowest BCUT2D eigenvalue weighted by atomic mass is 10.2. The predicted octanol–water partition coefficient (Wildman–Crippen LogP) is -0.119. The molecule has 0 bridgehead atoms. The number of carbonyl (C=O) groups is 1. The van der Waals surface area contributed by atoms with Gasteiger partial charge >= 0.3 is 0 Å². The molecule has 1 aromatic heterocycles. The zero-order valence-electron chi connectivity index (χ0n) is 10.6. The van der Waals surface area contributed by atoms with Crippen molar-refractivity contribution < 1.29 is 9.53 Å². The van der Waals surface area contributed by atoms with Crippen molar-refractivity contribution in [3.05, 3.63) is 24.3 Å². The van der Waals surface area contributed by atoms with Crippen LogP contribution in [0.2, 0.25) is 0 Å². The minimum atomic E-state index is 0.0157. The van der Waals surface area contributed by atoms with Gasteiger partial charge in [-0.15, -0.1) is 0 Å². The van der Waals surface area contributed by atoms with Crippen molar-refractivity contribution in [2.45, 2.75) is 0 Å². The van der Waals surface area contributed by atoms with Crippen LogP contribution in [0.25, 0.3) is 0 Å². The highest BCUT2D eigenvalue weighted by Gasteiger charge is 2.21. The zero-order chi connectivity index (χ0) is 12.8. The Bertz CT molecular complexity index is 377. The van der Waals surface area contributed by atoms with E-state index in [4.69, 9.17) is 4.74 Å². The Morgan fingerprint density at radius 1 is 1.28 bits per heavy atom. The average Bonchev–Trinajstić information content (AvgIpc) is 2.46. The fraction of sp³-hybridized carbons (Fsp3) is 0.583. The highest BCUT2D eigenvalue weighted by molar-refractivity contribution is 5.93. The molecule has 0 aromatic carbocycles. The van der Waals surface area contributed by atoms with Gasteiger partial charge in [0.15, 0.2) is 0 Å². The number of methoxy groups -OCH3 is 1. The van der Waals surface area contributed by atoms with E-state index in [-0.39, 0.29) is 5.91 Å². The van der Waals surface area contributed by atoms with Crippen molar-refractivity contribution in [3.8, 4) is 0 Å². The molecule has 18 heavy (non-hydrogen) atoms. The molecule has 6 nitrogen and oxygen atoms in total. The van der Waals surface area contributed by atoms with Crippen molar-refractivity contribution in [2.75, 3.05) is 46.4 Å². The predicted molar refractivity (Wildman–Crippen MR) is 66.3 cm³/mol. The maximum atomic E-state index is 12.1. The molecule has 0 atom stereocenters. The SMILES string of the molecule is COCCN1CCN(C(=O)c2cncnc2)CC1. The topological polar surface area (TPSA) is 58.6 Å². The molecule has 1 fully saturated rings. The number of hydrogen-bond donors (Lipinski definition) is 0. The van der Waals surface area contributed by atoms with Crippen LogP contribution >= 0.6 is 0 Å². The third-order valence-electron chi connectivity index (χ3n) is 3.08. The summed E-state index contributed by atoms with van der Waals surface area (Å²) in [7, 11) is 1.70. The Morgan fingerprint density at radius 2 is 1.94 bits per heavy atom. The van der Waals surface area contributed by atoms with Crippen molar-refractivity contribution >= 4 is 5.91 Å². The van der Waals surface area contributed by atoms with Gasteiger partial charge in [0.2, 0.25) is 0 Å². The monoisotopic (exact) mass is 250 g/mol. The van der Waals surface area contributed by atoms with Crippen molar-refractivity contribution in [2.24, 2.45) is 0 Å². The number of amides is 1. The summed E-state index contributed by atoms with van der Waals surface area (Å²) in [5, 5.41) is 0. The Balaban J connectivity index is 1.84. The molecule has 1 saturated heterocycles. The van der Waals surface area contributed by atoms with Gasteiger partial charge in [-0.2, -0.15) is 0 Å². The Hall–Kier alpha value is -1.53. The first-order valence-corrected chi connectivity index (χ1v) is 6.07. The lowest BCUT2D eigenvalue weighted by Gasteiger charge is -2.34. The normalized spacial score (nSPS) is 16.8. The molecule has 0 N–H and O–H groups in total. The summed E-state index contributed by atoms with van der Waals surface area (Å²) >= 11 is 0. The summed E-state index contributed by atoms with van der Waals surface area (Å²) in [6.45, 7) is 4.94. The first-order chi connectivity index (χ1) is 8.81. The quantitative estimate of drug-likeness (QED) is 0.745. The molecule has 6 heteroatoms. The summed E-state index contributed by atoms with van der Waals surface area (Å²) in [5.41, 5.74) is 0.558. The van der Waals surface area contributed by atoms with E-state index in [2.05, 4.69) is 14.9 Å². The second-order valence-electron chi connectivity index (χ2n) is 4.25. The number of nitrogens with zero attached hydrogens (tertiary/aromatic N) is 4. The molecule has 0 saturated carbocycles. The van der Waals surface area contributed by atoms with E-state index < -0.39 is 0 Å². The van der Waals surface area contributed by atoms with E-state index in [1.54, 1.807) is 19.5 Å². The number of hydrogen-bond acceptors (Lipinski definition) is 5. The zero-order valence-corrected chi connectivity index (χ0v) is 10.6. The summed E-state index contributed by atoms with van der Waals surface area (Å²) in [4.78, 5) is 24.0. The molecule has 1 amide bonds. The summed E-state index contributed by atoms with van der Waals surface area (Å²) in [5.74, 6) is 0.0157. The van der Waals surface area contributed by atoms with Crippen LogP contribution in [0.1, 0.15) is 10.4 Å². The Kier molecular flexibility index (Phi) is 4.60. The molecule has 2 rings (SSSR count). The van der Waals surface area contributed by atoms with E-state index >= 15 is 0 Å². The molecule has 2 heterocycles. The lowest BCUT2D eigenvalue weighted by Crippen LogP contribution is -2.49.